The van der Waals surface area contributed by atoms with Crippen molar-refractivity contribution in [2.75, 3.05) is 17.6 Å². The summed E-state index contributed by atoms with van der Waals surface area (Å²) in [4.78, 5) is 4.84. The van der Waals surface area contributed by atoms with Gasteiger partial charge >= 0.3 is 0 Å². The summed E-state index contributed by atoms with van der Waals surface area (Å²) in [6.45, 7) is 9.98. The maximum absolute atomic E-state index is 4.84. The van der Waals surface area contributed by atoms with Crippen molar-refractivity contribution in [1.82, 2.24) is 0 Å². The topological polar surface area (TPSA) is 24.4 Å². The summed E-state index contributed by atoms with van der Waals surface area (Å²) in [6, 6.07) is 6.60. The van der Waals surface area contributed by atoms with Crippen molar-refractivity contribution in [2.24, 2.45) is 10.4 Å². The summed E-state index contributed by atoms with van der Waals surface area (Å²) >= 11 is 1.89. The Hall–Kier alpha value is -0.960. The molecule has 0 fully saturated rings. The van der Waals surface area contributed by atoms with Crippen LogP contribution in [0.4, 0.5) is 5.69 Å². The standard InChI is InChI=1S/C18H28N2S/c1-5-14-10-9-11-15(6-2)16(14)20-17-19-12-18(7-3,8-4)13-21-17/h9-11H,5-8,12-13H2,1-4H3,(H,19,20). The largest absolute Gasteiger partial charge is 0.335 e. The minimum absolute atomic E-state index is 0.410. The number of anilines is 1. The first kappa shape index (κ1) is 16.4. The Morgan fingerprint density at radius 2 is 1.71 bits per heavy atom. The molecule has 0 aliphatic carbocycles. The summed E-state index contributed by atoms with van der Waals surface area (Å²) in [5.41, 5.74) is 4.48. The minimum atomic E-state index is 0.410. The van der Waals surface area contributed by atoms with Gasteiger partial charge in [0.05, 0.1) is 0 Å². The summed E-state index contributed by atoms with van der Waals surface area (Å²) in [5, 5.41) is 4.72. The van der Waals surface area contributed by atoms with E-state index in [0.717, 1.165) is 24.6 Å². The first-order valence-corrected chi connectivity index (χ1v) is 9.21. The fourth-order valence-corrected chi connectivity index (χ4v) is 4.09. The van der Waals surface area contributed by atoms with Crippen molar-refractivity contribution >= 4 is 22.6 Å². The third-order valence-corrected chi connectivity index (χ3v) is 6.07. The molecular formula is C18H28N2S. The molecule has 1 aliphatic rings. The van der Waals surface area contributed by atoms with E-state index >= 15 is 0 Å². The van der Waals surface area contributed by atoms with Crippen LogP contribution in [-0.2, 0) is 12.8 Å². The minimum Gasteiger partial charge on any atom is -0.335 e. The van der Waals surface area contributed by atoms with Gasteiger partial charge in [-0.25, -0.2) is 0 Å². The van der Waals surface area contributed by atoms with E-state index in [1.807, 2.05) is 11.8 Å². The van der Waals surface area contributed by atoms with Gasteiger partial charge in [0.2, 0.25) is 0 Å². The number of nitrogens with zero attached hydrogens (tertiary/aromatic N) is 1. The molecule has 0 amide bonds. The van der Waals surface area contributed by atoms with E-state index in [4.69, 9.17) is 4.99 Å². The molecule has 0 unspecified atom stereocenters. The fourth-order valence-electron chi connectivity index (χ4n) is 2.82. The highest BCUT2D eigenvalue weighted by Crippen LogP contribution is 2.36. The molecule has 0 spiro atoms. The zero-order valence-corrected chi connectivity index (χ0v) is 14.6. The van der Waals surface area contributed by atoms with Crippen LogP contribution in [0.1, 0.15) is 51.7 Å². The number of rotatable bonds is 5. The lowest BCUT2D eigenvalue weighted by Crippen LogP contribution is -2.32. The smallest absolute Gasteiger partial charge is 0.161 e. The number of aliphatic imine (C=N–C) groups is 1. The molecule has 1 aromatic carbocycles. The summed E-state index contributed by atoms with van der Waals surface area (Å²) in [6.07, 6.45) is 4.56. The Morgan fingerprint density at radius 3 is 2.14 bits per heavy atom. The maximum atomic E-state index is 4.84. The third-order valence-electron chi connectivity index (χ3n) is 4.80. The first-order valence-electron chi connectivity index (χ1n) is 8.23. The monoisotopic (exact) mass is 304 g/mol. The number of benzene rings is 1. The van der Waals surface area contributed by atoms with Crippen LogP contribution < -0.4 is 5.32 Å². The number of para-hydroxylation sites is 1. The van der Waals surface area contributed by atoms with Crippen LogP contribution >= 0.6 is 11.8 Å². The zero-order valence-electron chi connectivity index (χ0n) is 13.8. The van der Waals surface area contributed by atoms with Gasteiger partial charge in [-0.1, -0.05) is 57.7 Å². The van der Waals surface area contributed by atoms with E-state index in [1.54, 1.807) is 0 Å². The highest BCUT2D eigenvalue weighted by atomic mass is 32.2. The van der Waals surface area contributed by atoms with Crippen LogP contribution in [0.25, 0.3) is 0 Å². The maximum Gasteiger partial charge on any atom is 0.161 e. The molecule has 1 heterocycles. The van der Waals surface area contributed by atoms with Crippen molar-refractivity contribution in [3.05, 3.63) is 29.3 Å². The van der Waals surface area contributed by atoms with Gasteiger partial charge < -0.3 is 5.32 Å². The highest BCUT2D eigenvalue weighted by Gasteiger charge is 2.30. The van der Waals surface area contributed by atoms with Crippen molar-refractivity contribution in [1.29, 1.82) is 0 Å². The second-order valence-electron chi connectivity index (χ2n) is 5.90. The van der Waals surface area contributed by atoms with Gasteiger partial charge in [0, 0.05) is 18.0 Å². The van der Waals surface area contributed by atoms with Crippen molar-refractivity contribution in [3.8, 4) is 0 Å². The van der Waals surface area contributed by atoms with E-state index in [-0.39, 0.29) is 0 Å². The highest BCUT2D eigenvalue weighted by molar-refractivity contribution is 8.14. The second kappa shape index (κ2) is 7.35. The molecule has 0 saturated heterocycles. The Balaban J connectivity index is 2.18. The normalized spacial score (nSPS) is 17.4. The summed E-state index contributed by atoms with van der Waals surface area (Å²) in [5.74, 6) is 1.18. The predicted molar refractivity (Wildman–Crippen MR) is 96.6 cm³/mol. The van der Waals surface area contributed by atoms with E-state index in [1.165, 1.54) is 35.4 Å². The number of thioether (sulfide) groups is 1. The number of hydrogen-bond acceptors (Lipinski definition) is 3. The predicted octanol–water partition coefficient (Wildman–Crippen LogP) is 5.13. The van der Waals surface area contributed by atoms with Crippen LogP contribution in [0, 0.1) is 5.41 Å². The molecule has 0 saturated carbocycles. The van der Waals surface area contributed by atoms with Gasteiger partial charge in [-0.05, 0) is 42.2 Å². The molecule has 3 heteroatoms. The lowest BCUT2D eigenvalue weighted by molar-refractivity contribution is 0.318. The quantitative estimate of drug-likeness (QED) is 0.815. The summed E-state index contributed by atoms with van der Waals surface area (Å²) < 4.78 is 0. The van der Waals surface area contributed by atoms with Gasteiger partial charge in [0.1, 0.15) is 0 Å². The molecule has 0 bridgehead atoms. The van der Waals surface area contributed by atoms with Crippen LogP contribution in [0.15, 0.2) is 23.2 Å². The SMILES string of the molecule is CCc1cccc(CC)c1NC1=NCC(CC)(CC)CS1. The molecule has 1 N–H and O–H groups in total. The van der Waals surface area contributed by atoms with Gasteiger partial charge in [0.15, 0.2) is 5.17 Å². The average molecular weight is 305 g/mol. The molecular weight excluding hydrogens is 276 g/mol. The average Bonchev–Trinajstić information content (AvgIpc) is 2.56. The molecule has 116 valence electrons. The van der Waals surface area contributed by atoms with Crippen LogP contribution in [-0.4, -0.2) is 17.5 Å². The van der Waals surface area contributed by atoms with E-state index in [0.29, 0.717) is 5.41 Å². The lowest BCUT2D eigenvalue weighted by atomic mass is 9.84. The number of aryl methyl sites for hydroxylation is 2. The van der Waals surface area contributed by atoms with Crippen molar-refractivity contribution in [2.45, 2.75) is 53.4 Å². The number of hydrogen-bond donors (Lipinski definition) is 1. The molecule has 0 aromatic heterocycles. The fraction of sp³-hybridized carbons (Fsp3) is 0.611. The van der Waals surface area contributed by atoms with Crippen LogP contribution in [0.5, 0.6) is 0 Å². The molecule has 2 rings (SSSR count). The Labute approximate surface area is 133 Å². The molecule has 0 radical (unpaired) electrons. The van der Waals surface area contributed by atoms with Gasteiger partial charge in [0.25, 0.3) is 0 Å². The molecule has 0 atom stereocenters. The Morgan fingerprint density at radius 1 is 1.10 bits per heavy atom. The Kier molecular flexibility index (Phi) is 5.74. The number of amidine groups is 1. The van der Waals surface area contributed by atoms with Crippen LogP contribution in [0.2, 0.25) is 0 Å². The Bertz CT molecular complexity index is 482. The van der Waals surface area contributed by atoms with Gasteiger partial charge in [-0.3, -0.25) is 4.99 Å². The van der Waals surface area contributed by atoms with Gasteiger partial charge in [-0.15, -0.1) is 0 Å². The molecule has 1 aromatic rings. The van der Waals surface area contributed by atoms with E-state index in [9.17, 15) is 0 Å². The van der Waals surface area contributed by atoms with E-state index < -0.39 is 0 Å². The van der Waals surface area contributed by atoms with E-state index in [2.05, 4.69) is 51.2 Å². The first-order chi connectivity index (χ1) is 10.2. The van der Waals surface area contributed by atoms with Crippen LogP contribution in [0.3, 0.4) is 0 Å². The second-order valence-corrected chi connectivity index (χ2v) is 6.86. The molecule has 1 aliphatic heterocycles. The lowest BCUT2D eigenvalue weighted by Gasteiger charge is -2.33. The van der Waals surface area contributed by atoms with Gasteiger partial charge in [-0.2, -0.15) is 0 Å². The molecule has 2 nitrogen and oxygen atoms in total. The third kappa shape index (κ3) is 3.63. The summed E-state index contributed by atoms with van der Waals surface area (Å²) in [7, 11) is 0. The van der Waals surface area contributed by atoms with Crippen molar-refractivity contribution in [3.63, 3.8) is 0 Å². The van der Waals surface area contributed by atoms with Crippen molar-refractivity contribution < 1.29 is 0 Å². The number of nitrogens with one attached hydrogen (secondary N) is 1. The zero-order chi connectivity index (χ0) is 15.3. The molecule has 21 heavy (non-hydrogen) atoms.